The van der Waals surface area contributed by atoms with E-state index in [0.29, 0.717) is 17.6 Å². The Hall–Kier alpha value is -0.370. The largest absolute Gasteiger partial charge is 0.389 e. The van der Waals surface area contributed by atoms with Gasteiger partial charge in [-0.2, -0.15) is 0 Å². The summed E-state index contributed by atoms with van der Waals surface area (Å²) < 4.78 is 0. The number of carbonyl (C=O) groups is 1. The number of aliphatic hydroxyl groups is 1. The Labute approximate surface area is 91.1 Å². The normalized spacial score (nSPS) is 49.9. The Balaban J connectivity index is 1.94. The van der Waals surface area contributed by atoms with Gasteiger partial charge in [-0.1, -0.05) is 19.3 Å². The molecule has 0 aromatic carbocycles. The fourth-order valence-electron chi connectivity index (χ4n) is 4.24. The maximum Gasteiger partial charge on any atom is 0.141 e. The molecular formula is C13H20O2. The van der Waals surface area contributed by atoms with Crippen LogP contribution >= 0.6 is 0 Å². The molecular weight excluding hydrogens is 188 g/mol. The van der Waals surface area contributed by atoms with Crippen molar-refractivity contribution in [1.29, 1.82) is 0 Å². The molecule has 0 amide bonds. The minimum Gasteiger partial charge on any atom is -0.389 e. The number of hydrogen-bond donors (Lipinski definition) is 1. The van der Waals surface area contributed by atoms with Crippen molar-refractivity contribution in [2.24, 2.45) is 17.8 Å². The maximum atomic E-state index is 12.1. The van der Waals surface area contributed by atoms with E-state index in [0.717, 1.165) is 44.9 Å². The number of hydrogen-bond acceptors (Lipinski definition) is 2. The fraction of sp³-hybridized carbons (Fsp3) is 0.923. The van der Waals surface area contributed by atoms with Gasteiger partial charge in [0.1, 0.15) is 5.78 Å². The lowest BCUT2D eigenvalue weighted by Gasteiger charge is -2.52. The van der Waals surface area contributed by atoms with Gasteiger partial charge < -0.3 is 5.11 Å². The molecule has 3 fully saturated rings. The molecule has 84 valence electrons. The van der Waals surface area contributed by atoms with E-state index in [1.54, 1.807) is 0 Å². The van der Waals surface area contributed by atoms with E-state index in [1.165, 1.54) is 6.42 Å². The quantitative estimate of drug-likeness (QED) is 0.663. The highest BCUT2D eigenvalue weighted by Gasteiger charge is 2.55. The molecule has 2 bridgehead atoms. The Morgan fingerprint density at radius 2 is 2.00 bits per heavy atom. The van der Waals surface area contributed by atoms with E-state index in [4.69, 9.17) is 0 Å². The topological polar surface area (TPSA) is 37.3 Å². The average molecular weight is 208 g/mol. The second-order valence-electron chi connectivity index (χ2n) is 5.75. The molecule has 0 unspecified atom stereocenters. The van der Waals surface area contributed by atoms with Crippen LogP contribution in [0.4, 0.5) is 0 Å². The lowest BCUT2D eigenvalue weighted by molar-refractivity contribution is -0.167. The first-order chi connectivity index (χ1) is 7.22. The number of fused-ring (bicyclic) bond motifs is 4. The van der Waals surface area contributed by atoms with Crippen LogP contribution in [0.1, 0.15) is 51.4 Å². The predicted molar refractivity (Wildman–Crippen MR) is 57.4 cm³/mol. The summed E-state index contributed by atoms with van der Waals surface area (Å²) in [6.07, 6.45) is 8.55. The van der Waals surface area contributed by atoms with Gasteiger partial charge in [-0.3, -0.25) is 4.79 Å². The van der Waals surface area contributed by atoms with Crippen LogP contribution in [0.15, 0.2) is 0 Å². The summed E-state index contributed by atoms with van der Waals surface area (Å²) in [7, 11) is 0. The van der Waals surface area contributed by atoms with Crippen molar-refractivity contribution < 1.29 is 9.90 Å². The molecule has 0 aromatic heterocycles. The maximum absolute atomic E-state index is 12.1. The first-order valence-corrected chi connectivity index (χ1v) is 6.48. The lowest BCUT2D eigenvalue weighted by atomic mass is 9.55. The summed E-state index contributed by atoms with van der Waals surface area (Å²) in [5.41, 5.74) is -0.605. The van der Waals surface area contributed by atoms with Gasteiger partial charge >= 0.3 is 0 Å². The van der Waals surface area contributed by atoms with Crippen molar-refractivity contribution in [2.45, 2.75) is 57.0 Å². The van der Waals surface area contributed by atoms with Crippen LogP contribution in [0.2, 0.25) is 0 Å². The molecule has 4 atom stereocenters. The Morgan fingerprint density at radius 3 is 2.87 bits per heavy atom. The molecule has 1 N–H and O–H groups in total. The first-order valence-electron chi connectivity index (χ1n) is 6.48. The van der Waals surface area contributed by atoms with Gasteiger partial charge in [0.25, 0.3) is 0 Å². The van der Waals surface area contributed by atoms with Crippen LogP contribution in [0, 0.1) is 17.8 Å². The van der Waals surface area contributed by atoms with Gasteiger partial charge in [0.2, 0.25) is 0 Å². The molecule has 3 saturated carbocycles. The van der Waals surface area contributed by atoms with Gasteiger partial charge in [0.15, 0.2) is 0 Å². The summed E-state index contributed by atoms with van der Waals surface area (Å²) in [4.78, 5) is 12.1. The molecule has 0 spiro atoms. The fourth-order valence-corrected chi connectivity index (χ4v) is 4.24. The van der Waals surface area contributed by atoms with Gasteiger partial charge in [0, 0.05) is 11.8 Å². The van der Waals surface area contributed by atoms with Crippen LogP contribution in [0.5, 0.6) is 0 Å². The Bertz CT molecular complexity index is 286. The summed E-state index contributed by atoms with van der Waals surface area (Å²) in [6, 6.07) is 0. The lowest BCUT2D eigenvalue weighted by Crippen LogP contribution is -2.57. The van der Waals surface area contributed by atoms with Crippen LogP contribution in [-0.4, -0.2) is 16.5 Å². The van der Waals surface area contributed by atoms with Gasteiger partial charge in [-0.15, -0.1) is 0 Å². The van der Waals surface area contributed by atoms with E-state index >= 15 is 0 Å². The minimum absolute atomic E-state index is 0.00435. The third-order valence-electron chi connectivity index (χ3n) is 5.05. The van der Waals surface area contributed by atoms with Gasteiger partial charge in [-0.25, -0.2) is 0 Å². The van der Waals surface area contributed by atoms with Crippen molar-refractivity contribution in [3.05, 3.63) is 0 Å². The molecule has 0 radical (unpaired) electrons. The number of ketones is 1. The molecule has 0 aliphatic heterocycles. The highest BCUT2D eigenvalue weighted by atomic mass is 16.3. The molecule has 15 heavy (non-hydrogen) atoms. The molecule has 0 heterocycles. The van der Waals surface area contributed by atoms with Crippen LogP contribution in [0.3, 0.4) is 0 Å². The summed E-state index contributed by atoms with van der Waals surface area (Å²) in [5, 5.41) is 10.8. The standard InChI is InChI=1S/C13H20O2/c14-12-9-4-3-6-11(12)13(15)7-2-1-5-10(13)8-9/h9-11,15H,1-8H2/t9-,10-,11-,13-/m0/s1. The summed E-state index contributed by atoms with van der Waals surface area (Å²) >= 11 is 0. The number of rotatable bonds is 0. The van der Waals surface area contributed by atoms with Crippen LogP contribution < -0.4 is 0 Å². The van der Waals surface area contributed by atoms with Crippen molar-refractivity contribution in [3.63, 3.8) is 0 Å². The van der Waals surface area contributed by atoms with E-state index in [1.807, 2.05) is 0 Å². The number of carbonyl (C=O) groups excluding carboxylic acids is 1. The first kappa shape index (κ1) is 9.83. The van der Waals surface area contributed by atoms with Gasteiger partial charge in [-0.05, 0) is 38.0 Å². The highest BCUT2D eigenvalue weighted by Crippen LogP contribution is 2.52. The molecule has 3 aliphatic rings. The zero-order valence-electron chi connectivity index (χ0n) is 9.24. The van der Waals surface area contributed by atoms with E-state index < -0.39 is 5.60 Å². The van der Waals surface area contributed by atoms with E-state index in [2.05, 4.69) is 0 Å². The summed E-state index contributed by atoms with van der Waals surface area (Å²) in [6.45, 7) is 0. The monoisotopic (exact) mass is 208 g/mol. The predicted octanol–water partition coefficient (Wildman–Crippen LogP) is 2.30. The minimum atomic E-state index is -0.605. The molecule has 0 saturated heterocycles. The molecule has 2 heteroatoms. The summed E-state index contributed by atoms with van der Waals surface area (Å²) in [5.74, 6) is 1.11. The Morgan fingerprint density at radius 1 is 1.13 bits per heavy atom. The molecule has 0 aromatic rings. The van der Waals surface area contributed by atoms with Crippen LogP contribution in [0.25, 0.3) is 0 Å². The smallest absolute Gasteiger partial charge is 0.141 e. The van der Waals surface area contributed by atoms with Crippen LogP contribution in [-0.2, 0) is 4.79 Å². The zero-order valence-corrected chi connectivity index (χ0v) is 9.24. The van der Waals surface area contributed by atoms with E-state index in [9.17, 15) is 9.90 Å². The van der Waals surface area contributed by atoms with Gasteiger partial charge in [0.05, 0.1) is 5.60 Å². The molecule has 3 aliphatic carbocycles. The highest BCUT2D eigenvalue weighted by molar-refractivity contribution is 5.86. The molecule has 3 rings (SSSR count). The third kappa shape index (κ3) is 1.30. The van der Waals surface area contributed by atoms with Crippen molar-refractivity contribution in [2.75, 3.05) is 0 Å². The van der Waals surface area contributed by atoms with E-state index in [-0.39, 0.29) is 5.92 Å². The number of Topliss-reactive ketones (excluding diaryl/α,β-unsaturated/α-hetero) is 1. The Kier molecular flexibility index (Phi) is 2.17. The zero-order chi connectivity index (χ0) is 10.5. The SMILES string of the molecule is O=C1[C@H]2CCC[C@@H]1[C@]1(O)CCCC[C@H]1C2. The second-order valence-corrected chi connectivity index (χ2v) is 5.75. The second kappa shape index (κ2) is 3.31. The van der Waals surface area contributed by atoms with Crippen molar-refractivity contribution >= 4 is 5.78 Å². The average Bonchev–Trinajstić information content (AvgIpc) is 2.21. The van der Waals surface area contributed by atoms with Crippen molar-refractivity contribution in [3.8, 4) is 0 Å². The van der Waals surface area contributed by atoms with Crippen molar-refractivity contribution in [1.82, 2.24) is 0 Å². The third-order valence-corrected chi connectivity index (χ3v) is 5.05. The molecule has 2 nitrogen and oxygen atoms in total.